The lowest BCUT2D eigenvalue weighted by atomic mass is 10.3. The molecule has 3 heterocycles. The van der Waals surface area contributed by atoms with E-state index in [1.165, 1.54) is 0 Å². The highest BCUT2D eigenvalue weighted by molar-refractivity contribution is 6.28. The van der Waals surface area contributed by atoms with Gasteiger partial charge in [-0.1, -0.05) is 0 Å². The van der Waals surface area contributed by atoms with Gasteiger partial charge in [-0.05, 0) is 29.8 Å². The quantitative estimate of drug-likeness (QED) is 0.874. The molecular formula is C13H14ClN5O. The lowest BCUT2D eigenvalue weighted by Gasteiger charge is -2.27. The minimum absolute atomic E-state index is 0.216. The maximum absolute atomic E-state index is 5.74. The summed E-state index contributed by atoms with van der Waals surface area (Å²) >= 11 is 5.74. The Kier molecular flexibility index (Phi) is 3.94. The van der Waals surface area contributed by atoms with E-state index in [9.17, 15) is 0 Å². The monoisotopic (exact) mass is 291 g/mol. The largest absolute Gasteiger partial charge is 0.378 e. The van der Waals surface area contributed by atoms with Gasteiger partial charge in [0.1, 0.15) is 11.6 Å². The number of hydrogen-bond donors (Lipinski definition) is 1. The molecule has 0 aromatic carbocycles. The fraction of sp³-hybridized carbons (Fsp3) is 0.308. The van der Waals surface area contributed by atoms with Gasteiger partial charge in [-0.25, -0.2) is 15.0 Å². The molecule has 1 fully saturated rings. The molecule has 0 radical (unpaired) electrons. The van der Waals surface area contributed by atoms with Crippen LogP contribution in [0.1, 0.15) is 0 Å². The zero-order chi connectivity index (χ0) is 13.8. The molecule has 0 amide bonds. The number of hydrogen-bond acceptors (Lipinski definition) is 6. The summed E-state index contributed by atoms with van der Waals surface area (Å²) < 4.78 is 5.33. The zero-order valence-electron chi connectivity index (χ0n) is 10.8. The first kappa shape index (κ1) is 13.1. The summed E-state index contributed by atoms with van der Waals surface area (Å²) in [6.45, 7) is 3.25. The van der Waals surface area contributed by atoms with Crippen molar-refractivity contribution in [3.05, 3.63) is 35.9 Å². The third-order valence-electron chi connectivity index (χ3n) is 2.98. The standard InChI is InChI=1S/C13H14ClN5O/c14-13-15-4-3-11(18-13)17-10-1-2-12(16-9-10)19-5-7-20-8-6-19/h1-4,9H,5-8H2,(H,15,17,18). The molecule has 1 saturated heterocycles. The first-order chi connectivity index (χ1) is 9.81. The highest BCUT2D eigenvalue weighted by Gasteiger charge is 2.11. The van der Waals surface area contributed by atoms with Crippen LogP contribution in [-0.2, 0) is 4.74 Å². The second kappa shape index (κ2) is 6.02. The summed E-state index contributed by atoms with van der Waals surface area (Å²) in [5, 5.41) is 3.35. The number of rotatable bonds is 3. The summed E-state index contributed by atoms with van der Waals surface area (Å²) in [5.41, 5.74) is 0.858. The summed E-state index contributed by atoms with van der Waals surface area (Å²) in [4.78, 5) is 14.6. The first-order valence-corrected chi connectivity index (χ1v) is 6.73. The van der Waals surface area contributed by atoms with Gasteiger partial charge in [-0.2, -0.15) is 0 Å². The number of halogens is 1. The number of aromatic nitrogens is 3. The average Bonchev–Trinajstić information content (AvgIpc) is 2.49. The first-order valence-electron chi connectivity index (χ1n) is 6.35. The van der Waals surface area contributed by atoms with E-state index in [0.29, 0.717) is 5.82 Å². The Balaban J connectivity index is 1.69. The molecule has 1 N–H and O–H groups in total. The maximum atomic E-state index is 5.74. The summed E-state index contributed by atoms with van der Waals surface area (Å²) in [6.07, 6.45) is 3.38. The van der Waals surface area contributed by atoms with E-state index in [-0.39, 0.29) is 5.28 Å². The number of nitrogens with one attached hydrogen (secondary N) is 1. The van der Waals surface area contributed by atoms with Crippen LogP contribution in [-0.4, -0.2) is 41.3 Å². The van der Waals surface area contributed by atoms with E-state index in [2.05, 4.69) is 25.2 Å². The molecule has 0 saturated carbocycles. The lowest BCUT2D eigenvalue weighted by molar-refractivity contribution is 0.122. The third kappa shape index (κ3) is 3.15. The van der Waals surface area contributed by atoms with Crippen LogP contribution in [0, 0.1) is 0 Å². The van der Waals surface area contributed by atoms with Gasteiger partial charge in [0, 0.05) is 19.3 Å². The van der Waals surface area contributed by atoms with Crippen LogP contribution < -0.4 is 10.2 Å². The number of ether oxygens (including phenoxy) is 1. The smallest absolute Gasteiger partial charge is 0.224 e. The van der Waals surface area contributed by atoms with Crippen LogP contribution in [0.2, 0.25) is 5.28 Å². The van der Waals surface area contributed by atoms with Gasteiger partial charge < -0.3 is 15.0 Å². The molecule has 0 bridgehead atoms. The Morgan fingerprint density at radius 2 is 2.00 bits per heavy atom. The van der Waals surface area contributed by atoms with E-state index in [1.54, 1.807) is 18.5 Å². The number of nitrogens with zero attached hydrogens (tertiary/aromatic N) is 4. The second-order valence-corrected chi connectivity index (χ2v) is 4.68. The van der Waals surface area contributed by atoms with E-state index < -0.39 is 0 Å². The van der Waals surface area contributed by atoms with Crippen LogP contribution in [0.4, 0.5) is 17.3 Å². The zero-order valence-corrected chi connectivity index (χ0v) is 11.5. The van der Waals surface area contributed by atoms with Gasteiger partial charge in [0.15, 0.2) is 0 Å². The van der Waals surface area contributed by atoms with Crippen molar-refractivity contribution in [2.24, 2.45) is 0 Å². The van der Waals surface area contributed by atoms with Crippen molar-refractivity contribution in [3.63, 3.8) is 0 Å². The molecule has 0 aliphatic carbocycles. The molecule has 0 atom stereocenters. The Morgan fingerprint density at radius 1 is 1.15 bits per heavy atom. The van der Waals surface area contributed by atoms with Crippen LogP contribution >= 0.6 is 11.6 Å². The van der Waals surface area contributed by atoms with Crippen molar-refractivity contribution in [2.45, 2.75) is 0 Å². The SMILES string of the molecule is Clc1nccc(Nc2ccc(N3CCOCC3)nc2)n1. The molecule has 1 aliphatic rings. The predicted octanol–water partition coefficient (Wildman–Crippen LogP) is 2.11. The van der Waals surface area contributed by atoms with E-state index in [1.807, 2.05) is 12.1 Å². The lowest BCUT2D eigenvalue weighted by Crippen LogP contribution is -2.36. The number of morpholine rings is 1. The van der Waals surface area contributed by atoms with Gasteiger partial charge in [-0.15, -0.1) is 0 Å². The Hall–Kier alpha value is -1.92. The highest BCUT2D eigenvalue weighted by Crippen LogP contribution is 2.18. The van der Waals surface area contributed by atoms with Crippen LogP contribution in [0.3, 0.4) is 0 Å². The van der Waals surface area contributed by atoms with Gasteiger partial charge >= 0.3 is 0 Å². The molecule has 6 nitrogen and oxygen atoms in total. The molecule has 1 aliphatic heterocycles. The van der Waals surface area contributed by atoms with Crippen molar-refractivity contribution in [2.75, 3.05) is 36.5 Å². The molecule has 0 unspecified atom stereocenters. The molecule has 20 heavy (non-hydrogen) atoms. The van der Waals surface area contributed by atoms with Gasteiger partial charge in [0.05, 0.1) is 25.1 Å². The summed E-state index contributed by atoms with van der Waals surface area (Å²) in [5.74, 6) is 1.60. The molecule has 0 spiro atoms. The molecular weight excluding hydrogens is 278 g/mol. The Bertz CT molecular complexity index is 571. The number of anilines is 3. The van der Waals surface area contributed by atoms with Crippen LogP contribution in [0.5, 0.6) is 0 Å². The summed E-state index contributed by atoms with van der Waals surface area (Å²) in [6, 6.07) is 5.70. The molecule has 3 rings (SSSR count). The van der Waals surface area contributed by atoms with Crippen LogP contribution in [0.15, 0.2) is 30.6 Å². The van der Waals surface area contributed by atoms with Crippen molar-refractivity contribution >= 4 is 28.9 Å². The molecule has 104 valence electrons. The van der Waals surface area contributed by atoms with Gasteiger partial charge in [0.25, 0.3) is 0 Å². The summed E-state index contributed by atoms with van der Waals surface area (Å²) in [7, 11) is 0. The normalized spacial score (nSPS) is 15.2. The number of pyridine rings is 1. The molecule has 7 heteroatoms. The predicted molar refractivity (Wildman–Crippen MR) is 77.6 cm³/mol. The fourth-order valence-corrected chi connectivity index (χ4v) is 2.14. The highest BCUT2D eigenvalue weighted by atomic mass is 35.5. The fourth-order valence-electron chi connectivity index (χ4n) is 1.99. The minimum Gasteiger partial charge on any atom is -0.378 e. The third-order valence-corrected chi connectivity index (χ3v) is 3.16. The van der Waals surface area contributed by atoms with E-state index >= 15 is 0 Å². The molecule has 2 aromatic heterocycles. The van der Waals surface area contributed by atoms with Gasteiger partial charge in [0.2, 0.25) is 5.28 Å². The van der Waals surface area contributed by atoms with Gasteiger partial charge in [-0.3, -0.25) is 0 Å². The second-order valence-electron chi connectivity index (χ2n) is 4.34. The molecule has 2 aromatic rings. The van der Waals surface area contributed by atoms with Crippen molar-refractivity contribution < 1.29 is 4.74 Å². The Labute approximate surface area is 121 Å². The van der Waals surface area contributed by atoms with Crippen molar-refractivity contribution in [3.8, 4) is 0 Å². The van der Waals surface area contributed by atoms with Crippen molar-refractivity contribution in [1.82, 2.24) is 15.0 Å². The topological polar surface area (TPSA) is 63.2 Å². The minimum atomic E-state index is 0.216. The van der Waals surface area contributed by atoms with E-state index in [0.717, 1.165) is 37.8 Å². The van der Waals surface area contributed by atoms with Crippen LogP contribution in [0.25, 0.3) is 0 Å². The van der Waals surface area contributed by atoms with Crippen molar-refractivity contribution in [1.29, 1.82) is 0 Å². The Morgan fingerprint density at radius 3 is 2.70 bits per heavy atom. The average molecular weight is 292 g/mol. The van der Waals surface area contributed by atoms with E-state index in [4.69, 9.17) is 16.3 Å². The maximum Gasteiger partial charge on any atom is 0.224 e.